The largest absolute Gasteiger partial charge is 0.375 e. The summed E-state index contributed by atoms with van der Waals surface area (Å²) in [4.78, 5) is 6.91. The smallest absolute Gasteiger partial charge is 0.0795 e. The first-order valence-electron chi connectivity index (χ1n) is 6.80. The molecular weight excluding hydrogens is 244 g/mol. The van der Waals surface area contributed by atoms with Gasteiger partial charge in [0.15, 0.2) is 0 Å². The molecule has 0 saturated carbocycles. The van der Waals surface area contributed by atoms with Crippen molar-refractivity contribution in [3.8, 4) is 0 Å². The summed E-state index contributed by atoms with van der Waals surface area (Å²) in [5.41, 5.74) is 3.70. The molecule has 2 saturated heterocycles. The van der Waals surface area contributed by atoms with Crippen LogP contribution >= 0.6 is 11.3 Å². The van der Waals surface area contributed by atoms with Crippen molar-refractivity contribution in [2.45, 2.75) is 45.3 Å². The summed E-state index contributed by atoms with van der Waals surface area (Å²) in [6, 6.07) is 0. The van der Waals surface area contributed by atoms with Crippen LogP contribution in [-0.4, -0.2) is 35.2 Å². The van der Waals surface area contributed by atoms with Crippen LogP contribution in [0.4, 0.5) is 0 Å². The molecule has 1 aromatic heterocycles. The van der Waals surface area contributed by atoms with Crippen LogP contribution in [0.25, 0.3) is 0 Å². The van der Waals surface area contributed by atoms with Gasteiger partial charge in [-0.25, -0.2) is 4.98 Å². The van der Waals surface area contributed by atoms with Crippen LogP contribution in [0.5, 0.6) is 0 Å². The second-order valence-corrected chi connectivity index (χ2v) is 7.20. The summed E-state index contributed by atoms with van der Waals surface area (Å²) in [6.07, 6.45) is 3.78. The van der Waals surface area contributed by atoms with Crippen molar-refractivity contribution in [3.63, 3.8) is 0 Å². The molecule has 0 aliphatic carbocycles. The highest BCUT2D eigenvalue weighted by molar-refractivity contribution is 7.07. The Hall–Kier alpha value is -0.450. The molecule has 100 valence electrons. The molecule has 0 aromatic carbocycles. The van der Waals surface area contributed by atoms with Gasteiger partial charge in [0, 0.05) is 11.9 Å². The Balaban J connectivity index is 1.55. The molecule has 3 heterocycles. The van der Waals surface area contributed by atoms with Gasteiger partial charge in [0.1, 0.15) is 0 Å². The molecule has 4 heteroatoms. The van der Waals surface area contributed by atoms with E-state index in [0.717, 1.165) is 13.2 Å². The van der Waals surface area contributed by atoms with Gasteiger partial charge in [0.05, 0.1) is 23.4 Å². The summed E-state index contributed by atoms with van der Waals surface area (Å²) in [7, 11) is 0. The minimum atomic E-state index is 0.0943. The third kappa shape index (κ3) is 2.60. The quantitative estimate of drug-likeness (QED) is 0.823. The molecule has 2 aliphatic heterocycles. The highest BCUT2D eigenvalue weighted by Gasteiger charge is 2.45. The van der Waals surface area contributed by atoms with E-state index in [9.17, 15) is 0 Å². The maximum Gasteiger partial charge on any atom is 0.0795 e. The molecule has 1 aromatic rings. The minimum Gasteiger partial charge on any atom is -0.375 e. The highest BCUT2D eigenvalue weighted by atomic mass is 32.1. The van der Waals surface area contributed by atoms with E-state index in [1.165, 1.54) is 38.0 Å². The number of piperidine rings is 1. The molecule has 1 spiro atoms. The van der Waals surface area contributed by atoms with Gasteiger partial charge in [-0.3, -0.25) is 4.90 Å². The SMILES string of the molecule is CC1(C)CC2(CCN(Cc3cscn3)CC2)CO1. The first-order chi connectivity index (χ1) is 8.57. The normalized spacial score (nSPS) is 26.8. The number of aromatic nitrogens is 1. The monoisotopic (exact) mass is 266 g/mol. The zero-order valence-corrected chi connectivity index (χ0v) is 12.1. The maximum atomic E-state index is 5.95. The fourth-order valence-corrected chi connectivity index (χ4v) is 3.95. The molecule has 2 fully saturated rings. The van der Waals surface area contributed by atoms with E-state index >= 15 is 0 Å². The van der Waals surface area contributed by atoms with Crippen LogP contribution in [0.3, 0.4) is 0 Å². The first-order valence-corrected chi connectivity index (χ1v) is 7.75. The molecule has 0 unspecified atom stereocenters. The van der Waals surface area contributed by atoms with Crippen molar-refractivity contribution in [3.05, 3.63) is 16.6 Å². The highest BCUT2D eigenvalue weighted by Crippen LogP contribution is 2.46. The van der Waals surface area contributed by atoms with Gasteiger partial charge in [-0.05, 0) is 51.6 Å². The van der Waals surface area contributed by atoms with Crippen molar-refractivity contribution < 1.29 is 4.74 Å². The van der Waals surface area contributed by atoms with E-state index < -0.39 is 0 Å². The van der Waals surface area contributed by atoms with Crippen molar-refractivity contribution in [1.82, 2.24) is 9.88 Å². The molecule has 3 rings (SSSR count). The number of hydrogen-bond acceptors (Lipinski definition) is 4. The van der Waals surface area contributed by atoms with Crippen molar-refractivity contribution in [1.29, 1.82) is 0 Å². The summed E-state index contributed by atoms with van der Waals surface area (Å²) in [5.74, 6) is 0. The van der Waals surface area contributed by atoms with Crippen molar-refractivity contribution >= 4 is 11.3 Å². The number of hydrogen-bond donors (Lipinski definition) is 0. The Labute approximate surface area is 113 Å². The lowest BCUT2D eigenvalue weighted by atomic mass is 9.74. The van der Waals surface area contributed by atoms with Gasteiger partial charge < -0.3 is 4.74 Å². The van der Waals surface area contributed by atoms with E-state index in [1.807, 2.05) is 5.51 Å². The lowest BCUT2D eigenvalue weighted by Gasteiger charge is -2.38. The standard InChI is InChI=1S/C14H22N2OS/c1-13(2)9-14(10-17-13)3-5-16(6-4-14)7-12-8-18-11-15-12/h8,11H,3-7,9-10H2,1-2H3. The van der Waals surface area contributed by atoms with Crippen LogP contribution in [0, 0.1) is 5.41 Å². The van der Waals surface area contributed by atoms with Gasteiger partial charge in [0.25, 0.3) is 0 Å². The predicted molar refractivity (Wildman–Crippen MR) is 73.7 cm³/mol. The van der Waals surface area contributed by atoms with E-state index in [1.54, 1.807) is 11.3 Å². The topological polar surface area (TPSA) is 25.4 Å². The molecule has 0 amide bonds. The van der Waals surface area contributed by atoms with Crippen molar-refractivity contribution in [2.24, 2.45) is 5.41 Å². The summed E-state index contributed by atoms with van der Waals surface area (Å²) in [5, 5.41) is 2.16. The number of rotatable bonds is 2. The van der Waals surface area contributed by atoms with E-state index in [-0.39, 0.29) is 5.60 Å². The maximum absolute atomic E-state index is 5.95. The molecule has 0 atom stereocenters. The minimum absolute atomic E-state index is 0.0943. The lowest BCUT2D eigenvalue weighted by molar-refractivity contribution is 0.0242. The number of thiazole rings is 1. The van der Waals surface area contributed by atoms with E-state index in [0.29, 0.717) is 5.41 Å². The van der Waals surface area contributed by atoms with Gasteiger partial charge in [-0.15, -0.1) is 11.3 Å². The summed E-state index contributed by atoms with van der Waals surface area (Å²) >= 11 is 1.69. The van der Waals surface area contributed by atoms with Crippen LogP contribution in [-0.2, 0) is 11.3 Å². The van der Waals surface area contributed by atoms with Crippen LogP contribution in [0.2, 0.25) is 0 Å². The molecule has 18 heavy (non-hydrogen) atoms. The first kappa shape index (κ1) is 12.6. The summed E-state index contributed by atoms with van der Waals surface area (Å²) < 4.78 is 5.95. The predicted octanol–water partition coefficient (Wildman–Crippen LogP) is 2.92. The molecule has 0 N–H and O–H groups in total. The Morgan fingerprint density at radius 2 is 2.17 bits per heavy atom. The second kappa shape index (κ2) is 4.58. The van der Waals surface area contributed by atoms with Gasteiger partial charge in [-0.2, -0.15) is 0 Å². The third-order valence-corrected chi connectivity index (χ3v) is 4.99. The average Bonchev–Trinajstić information content (AvgIpc) is 2.91. The van der Waals surface area contributed by atoms with Crippen LogP contribution < -0.4 is 0 Å². The number of ether oxygens (including phenoxy) is 1. The van der Waals surface area contributed by atoms with Crippen LogP contribution in [0.1, 0.15) is 38.8 Å². The molecular formula is C14H22N2OS. The van der Waals surface area contributed by atoms with Crippen molar-refractivity contribution in [2.75, 3.05) is 19.7 Å². The Morgan fingerprint density at radius 3 is 2.72 bits per heavy atom. The fourth-order valence-electron chi connectivity index (χ4n) is 3.40. The Morgan fingerprint density at radius 1 is 1.39 bits per heavy atom. The molecule has 0 radical (unpaired) electrons. The fraction of sp³-hybridized carbons (Fsp3) is 0.786. The zero-order chi connectivity index (χ0) is 12.6. The van der Waals surface area contributed by atoms with Gasteiger partial charge in [0.2, 0.25) is 0 Å². The zero-order valence-electron chi connectivity index (χ0n) is 11.3. The van der Waals surface area contributed by atoms with E-state index in [2.05, 4.69) is 29.1 Å². The molecule has 3 nitrogen and oxygen atoms in total. The van der Waals surface area contributed by atoms with Crippen LogP contribution in [0.15, 0.2) is 10.9 Å². The average molecular weight is 266 g/mol. The van der Waals surface area contributed by atoms with Gasteiger partial charge >= 0.3 is 0 Å². The van der Waals surface area contributed by atoms with E-state index in [4.69, 9.17) is 4.74 Å². The summed E-state index contributed by atoms with van der Waals surface area (Å²) in [6.45, 7) is 8.81. The van der Waals surface area contributed by atoms with Gasteiger partial charge in [-0.1, -0.05) is 0 Å². The number of likely N-dealkylation sites (tertiary alicyclic amines) is 1. The molecule has 2 aliphatic rings. The third-order valence-electron chi connectivity index (χ3n) is 4.36. The Kier molecular flexibility index (Phi) is 3.20. The molecule has 0 bridgehead atoms. The Bertz CT molecular complexity index is 394. The number of nitrogens with zero attached hydrogens (tertiary/aromatic N) is 2. The second-order valence-electron chi connectivity index (χ2n) is 6.48. The lowest BCUT2D eigenvalue weighted by Crippen LogP contribution is -2.40.